The van der Waals surface area contributed by atoms with E-state index in [1.54, 1.807) is 31.4 Å². The number of anilines is 1. The Morgan fingerprint density at radius 2 is 1.77 bits per heavy atom. The molecule has 3 aromatic carbocycles. The number of benzene rings is 3. The maximum absolute atomic E-state index is 14.0. The minimum absolute atomic E-state index is 0.221. The fourth-order valence-electron chi connectivity index (χ4n) is 5.16. The first-order valence-corrected chi connectivity index (χ1v) is 14.7. The van der Waals surface area contributed by atoms with E-state index in [4.69, 9.17) is 9.47 Å². The van der Waals surface area contributed by atoms with Crippen molar-refractivity contribution in [3.63, 3.8) is 0 Å². The molecule has 4 aromatic rings. The molecule has 3 atom stereocenters. The molecule has 1 aromatic heterocycles. The maximum Gasteiger partial charge on any atom is 0.305 e. The lowest BCUT2D eigenvalue weighted by molar-refractivity contribution is -0.122. The van der Waals surface area contributed by atoms with Gasteiger partial charge in [0.25, 0.3) is 0 Å². The summed E-state index contributed by atoms with van der Waals surface area (Å²) in [5.74, 6) is -0.624. The average Bonchev–Trinajstić information content (AvgIpc) is 3.43. The van der Waals surface area contributed by atoms with E-state index in [0.717, 1.165) is 37.4 Å². The number of methoxy groups -OCH3 is 1. The first-order valence-electron chi connectivity index (χ1n) is 12.2. The van der Waals surface area contributed by atoms with Gasteiger partial charge in [0.2, 0.25) is 11.8 Å². The highest BCUT2D eigenvalue weighted by Crippen LogP contribution is 2.54. The van der Waals surface area contributed by atoms with Gasteiger partial charge in [-0.2, -0.15) is 0 Å². The number of thioether (sulfide) groups is 1. The Hall–Kier alpha value is -3.34. The molecule has 3 heterocycles. The first kappa shape index (κ1) is 25.9. The quantitative estimate of drug-likeness (QED) is 0.270. The lowest BCUT2D eigenvalue weighted by atomic mass is 9.82. The summed E-state index contributed by atoms with van der Waals surface area (Å²) in [5.41, 5.74) is 3.40. The number of aromatic amines is 1. The van der Waals surface area contributed by atoms with Gasteiger partial charge >= 0.3 is 4.87 Å². The third-order valence-corrected chi connectivity index (χ3v) is 10.0. The number of fused-ring (bicyclic) bond motifs is 2. The van der Waals surface area contributed by atoms with Gasteiger partial charge in [0.15, 0.2) is 0 Å². The zero-order valence-electron chi connectivity index (χ0n) is 21.0. The number of H-pyrrole nitrogens is 1. The van der Waals surface area contributed by atoms with Gasteiger partial charge in [-0.25, -0.2) is 4.90 Å². The van der Waals surface area contributed by atoms with Crippen LogP contribution in [-0.2, 0) is 16.2 Å². The molecule has 2 unspecified atom stereocenters. The molecular formula is C29H23BrN2O5S2. The molecule has 1 fully saturated rings. The van der Waals surface area contributed by atoms with Crippen LogP contribution in [0.4, 0.5) is 5.69 Å². The van der Waals surface area contributed by atoms with Gasteiger partial charge in [0.1, 0.15) is 23.4 Å². The molecule has 39 heavy (non-hydrogen) atoms. The monoisotopic (exact) mass is 622 g/mol. The largest absolute Gasteiger partial charge is 0.497 e. The molecule has 10 heteroatoms. The van der Waals surface area contributed by atoms with Crippen molar-refractivity contribution in [1.82, 2.24) is 4.98 Å². The molecule has 0 bridgehead atoms. The summed E-state index contributed by atoms with van der Waals surface area (Å²) in [6.45, 7) is 2.38. The van der Waals surface area contributed by atoms with Crippen molar-refractivity contribution in [2.75, 3.05) is 12.0 Å². The highest BCUT2D eigenvalue weighted by atomic mass is 79.9. The van der Waals surface area contributed by atoms with E-state index in [1.807, 2.05) is 49.4 Å². The van der Waals surface area contributed by atoms with E-state index >= 15 is 0 Å². The van der Waals surface area contributed by atoms with Crippen molar-refractivity contribution in [1.29, 1.82) is 0 Å². The van der Waals surface area contributed by atoms with Crippen LogP contribution in [-0.4, -0.2) is 29.2 Å². The van der Waals surface area contributed by atoms with Gasteiger partial charge in [0.05, 0.1) is 23.7 Å². The second kappa shape index (κ2) is 10.3. The predicted octanol–water partition coefficient (Wildman–Crippen LogP) is 5.89. The number of imide groups is 1. The van der Waals surface area contributed by atoms with Crippen molar-refractivity contribution in [3.05, 3.63) is 102 Å². The van der Waals surface area contributed by atoms with Crippen molar-refractivity contribution in [3.8, 4) is 11.5 Å². The molecule has 0 radical (unpaired) electrons. The maximum atomic E-state index is 14.0. The third kappa shape index (κ3) is 4.60. The lowest BCUT2D eigenvalue weighted by Gasteiger charge is -2.31. The van der Waals surface area contributed by atoms with Gasteiger partial charge in [-0.15, -0.1) is 0 Å². The molecule has 0 spiro atoms. The van der Waals surface area contributed by atoms with E-state index in [2.05, 4.69) is 20.9 Å². The molecule has 6 rings (SSSR count). The lowest BCUT2D eigenvalue weighted by Crippen LogP contribution is -2.32. The first-order chi connectivity index (χ1) is 18.9. The summed E-state index contributed by atoms with van der Waals surface area (Å²) in [7, 11) is 1.56. The Labute approximate surface area is 241 Å². The fourth-order valence-corrected chi connectivity index (χ4v) is 8.04. The zero-order valence-corrected chi connectivity index (χ0v) is 24.2. The van der Waals surface area contributed by atoms with E-state index in [9.17, 15) is 14.4 Å². The third-order valence-electron chi connectivity index (χ3n) is 7.11. The number of aromatic nitrogens is 1. The summed E-state index contributed by atoms with van der Waals surface area (Å²) in [5, 5.41) is -0.0654. The molecule has 0 aliphatic carbocycles. The molecule has 198 valence electrons. The summed E-state index contributed by atoms with van der Waals surface area (Å²) >= 11 is 5.91. The van der Waals surface area contributed by atoms with Crippen LogP contribution in [0.1, 0.15) is 27.5 Å². The molecule has 1 saturated heterocycles. The van der Waals surface area contributed by atoms with Crippen LogP contribution in [0.25, 0.3) is 0 Å². The van der Waals surface area contributed by atoms with E-state index in [1.165, 1.54) is 16.7 Å². The summed E-state index contributed by atoms with van der Waals surface area (Å²) in [4.78, 5) is 44.9. The summed E-state index contributed by atoms with van der Waals surface area (Å²) < 4.78 is 12.4. The number of hydrogen-bond acceptors (Lipinski definition) is 7. The van der Waals surface area contributed by atoms with Crippen LogP contribution < -0.4 is 19.2 Å². The Kier molecular flexibility index (Phi) is 6.86. The molecular weight excluding hydrogens is 600 g/mol. The zero-order chi connectivity index (χ0) is 27.3. The minimum Gasteiger partial charge on any atom is -0.497 e. The number of thiazole rings is 1. The molecule has 0 saturated carbocycles. The molecule has 2 aliphatic rings. The molecule has 1 N–H and O–H groups in total. The number of hydrogen-bond donors (Lipinski definition) is 1. The topological polar surface area (TPSA) is 88.7 Å². The Morgan fingerprint density at radius 3 is 2.51 bits per heavy atom. The standard InChI is InChI=1S/C29H23BrN2O5S2/c1-15-5-3-4-6-16(15)14-37-21-12-7-17(30)13-20(21)22-23-25(38-26-24(22)39-29(35)31-26)28(34)32(27(23)33)18-8-10-19(36-2)11-9-18/h3-13,22-23,25H,14H2,1-2H3,(H,31,35)/t22-,23?,25?/m1/s1. The Morgan fingerprint density at radius 1 is 1.00 bits per heavy atom. The number of nitrogens with zero attached hydrogens (tertiary/aromatic N) is 1. The number of nitrogens with one attached hydrogen (secondary N) is 1. The van der Waals surface area contributed by atoms with Crippen molar-refractivity contribution in [2.45, 2.75) is 29.7 Å². The van der Waals surface area contributed by atoms with Gasteiger partial charge in [-0.3, -0.25) is 14.4 Å². The Bertz CT molecular complexity index is 1650. The second-order valence-corrected chi connectivity index (χ2v) is 12.4. The molecule has 7 nitrogen and oxygen atoms in total. The number of amides is 2. The minimum atomic E-state index is -0.710. The SMILES string of the molecule is COc1ccc(N2C(=O)C3Sc4[nH]c(=O)sc4[C@H](c4cc(Br)ccc4OCc4ccccc4C)C3C2=O)cc1. The van der Waals surface area contributed by atoms with Gasteiger partial charge < -0.3 is 14.5 Å². The second-order valence-electron chi connectivity index (χ2n) is 9.36. The van der Waals surface area contributed by atoms with E-state index in [-0.39, 0.29) is 16.7 Å². The van der Waals surface area contributed by atoms with Gasteiger partial charge in [-0.1, -0.05) is 63.3 Å². The number of halogens is 1. The Balaban J connectivity index is 1.44. The highest BCUT2D eigenvalue weighted by Gasteiger charge is 2.56. The van der Waals surface area contributed by atoms with Crippen LogP contribution in [0.3, 0.4) is 0 Å². The highest BCUT2D eigenvalue weighted by molar-refractivity contribution is 9.10. The number of carbonyl (C=O) groups excluding carboxylic acids is 2. The van der Waals surface area contributed by atoms with Crippen LogP contribution >= 0.6 is 39.0 Å². The van der Waals surface area contributed by atoms with Gasteiger partial charge in [-0.05, 0) is 60.5 Å². The number of ether oxygens (including phenoxy) is 2. The van der Waals surface area contributed by atoms with Crippen LogP contribution in [0.15, 0.2) is 81.0 Å². The normalized spacial score (nSPS) is 20.1. The average molecular weight is 624 g/mol. The summed E-state index contributed by atoms with van der Waals surface area (Å²) in [6, 6.07) is 20.5. The smallest absolute Gasteiger partial charge is 0.305 e. The van der Waals surface area contributed by atoms with Crippen molar-refractivity contribution >= 4 is 56.5 Å². The van der Waals surface area contributed by atoms with Crippen LogP contribution in [0.2, 0.25) is 0 Å². The van der Waals surface area contributed by atoms with Crippen molar-refractivity contribution in [2.24, 2.45) is 5.92 Å². The van der Waals surface area contributed by atoms with Crippen LogP contribution in [0, 0.1) is 12.8 Å². The fraction of sp³-hybridized carbons (Fsp3) is 0.207. The number of rotatable bonds is 6. The number of carbonyl (C=O) groups is 2. The van der Waals surface area contributed by atoms with Crippen LogP contribution in [0.5, 0.6) is 11.5 Å². The van der Waals surface area contributed by atoms with Crippen molar-refractivity contribution < 1.29 is 19.1 Å². The van der Waals surface area contributed by atoms with E-state index < -0.39 is 17.1 Å². The summed E-state index contributed by atoms with van der Waals surface area (Å²) in [6.07, 6.45) is 0. The van der Waals surface area contributed by atoms with E-state index in [0.29, 0.717) is 28.8 Å². The number of aryl methyl sites for hydroxylation is 1. The van der Waals surface area contributed by atoms with Gasteiger partial charge in [0, 0.05) is 20.8 Å². The molecule has 2 amide bonds. The predicted molar refractivity (Wildman–Crippen MR) is 155 cm³/mol. The molecule has 2 aliphatic heterocycles.